The van der Waals surface area contributed by atoms with Gasteiger partial charge in [-0.15, -0.1) is 0 Å². The van der Waals surface area contributed by atoms with Gasteiger partial charge in [-0.25, -0.2) is 19.9 Å². The first-order valence-electron chi connectivity index (χ1n) is 40.9. The summed E-state index contributed by atoms with van der Waals surface area (Å²) in [6.07, 6.45) is 0. The highest BCUT2D eigenvalue weighted by atomic mass is 35.5. The van der Waals surface area contributed by atoms with Crippen molar-refractivity contribution in [3.8, 4) is 113 Å². The molecule has 0 saturated carbocycles. The summed E-state index contributed by atoms with van der Waals surface area (Å²) in [6, 6.07) is 134. The van der Waals surface area contributed by atoms with Gasteiger partial charge in [0.05, 0.1) is 33.3 Å². The number of benzene rings is 16. The molecule has 0 N–H and O–H groups in total. The Morgan fingerprint density at radius 2 is 0.557 bits per heavy atom. The van der Waals surface area contributed by atoms with E-state index >= 15 is 0 Å². The van der Waals surface area contributed by atoms with Crippen LogP contribution < -0.4 is 5.46 Å². The number of para-hydroxylation sites is 4. The normalized spacial score (nSPS) is 13.0. The molecule has 12 nitrogen and oxygen atoms in total. The molecule has 22 aromatic rings. The summed E-state index contributed by atoms with van der Waals surface area (Å²) in [7, 11) is -0.420. The molecular weight excluding hydrogens is 1520 g/mol. The van der Waals surface area contributed by atoms with Crippen LogP contribution in [-0.2, 0) is 9.31 Å². The summed E-state index contributed by atoms with van der Waals surface area (Å²) in [5.74, 6) is 2.90. The summed E-state index contributed by atoms with van der Waals surface area (Å²) in [4.78, 5) is 28.8. The van der Waals surface area contributed by atoms with Crippen molar-refractivity contribution in [2.75, 3.05) is 0 Å². The van der Waals surface area contributed by atoms with Gasteiger partial charge in [0.1, 0.15) is 22.3 Å². The highest BCUT2D eigenvalue weighted by molar-refractivity contribution is 6.62. The second-order valence-electron chi connectivity index (χ2n) is 31.7. The lowest BCUT2D eigenvalue weighted by molar-refractivity contribution is 0.00578. The van der Waals surface area contributed by atoms with E-state index < -0.39 is 7.12 Å². The fourth-order valence-electron chi connectivity index (χ4n) is 16.8. The van der Waals surface area contributed by atoms with Crippen LogP contribution in [0.15, 0.2) is 397 Å². The average molecular weight is 1600 g/mol. The number of fused-ring (bicyclic) bond motifs is 12. The Bertz CT molecular complexity index is 7690. The largest absolute Gasteiger partial charge is 0.494 e. The average Bonchev–Trinajstić information content (AvgIpc) is 1.59. The van der Waals surface area contributed by atoms with Gasteiger partial charge in [0, 0.05) is 93.4 Å². The predicted molar refractivity (Wildman–Crippen MR) is 499 cm³/mol. The van der Waals surface area contributed by atoms with Crippen LogP contribution in [0.1, 0.15) is 27.7 Å². The standard InChI is InChI=1S/C51H32N4O.C30H27BO3.C27H17ClN4/c1-5-15-33(16-6-1)38-29-43(34-17-7-2-8-18-34)48-44(30-38)42-28-26-37(32-47(42)56-48)51-53-49(35-19-9-3-10-20-35)52-50(54-51)36-25-27-41-40-23-13-14-24-45(40)55(46(41)31-36)39-21-11-4-12-22-39;1-29(2)30(3,4)34-31(33-29)23-15-16-24-26-18-22(20-11-7-5-8-12-20)17-25(21-13-9-6-10-14-21)28(26)32-27(24)19-23;28-27-30-25(18-9-3-1-4-10-18)29-26(31-27)19-15-16-22-21-13-7-8-14-23(21)32(24(22)17-19)20-11-5-2-6-12-20/h1-32H;5-19H,1-4H3;1-17H. The second-order valence-corrected chi connectivity index (χ2v) is 32.0. The lowest BCUT2D eigenvalue weighted by Crippen LogP contribution is -2.41. The summed E-state index contributed by atoms with van der Waals surface area (Å²) in [5, 5.41) is 9.23. The number of hydrogen-bond acceptors (Lipinski definition) is 10. The maximum atomic E-state index is 6.78. The predicted octanol–water partition coefficient (Wildman–Crippen LogP) is 27.4. The van der Waals surface area contributed by atoms with Crippen molar-refractivity contribution in [2.24, 2.45) is 0 Å². The lowest BCUT2D eigenvalue weighted by Gasteiger charge is -2.32. The van der Waals surface area contributed by atoms with Crippen molar-refractivity contribution in [3.63, 3.8) is 0 Å². The highest BCUT2D eigenvalue weighted by Gasteiger charge is 2.52. The van der Waals surface area contributed by atoms with Crippen LogP contribution in [0.2, 0.25) is 5.28 Å². The summed E-state index contributed by atoms with van der Waals surface area (Å²) in [5.41, 5.74) is 23.8. The van der Waals surface area contributed by atoms with Gasteiger partial charge in [-0.2, -0.15) is 9.97 Å². The van der Waals surface area contributed by atoms with Crippen LogP contribution in [0.5, 0.6) is 0 Å². The minimum absolute atomic E-state index is 0.178. The van der Waals surface area contributed by atoms with Crippen LogP contribution in [0.4, 0.5) is 0 Å². The minimum atomic E-state index is -0.420. The van der Waals surface area contributed by atoms with Crippen LogP contribution in [0.25, 0.3) is 200 Å². The van der Waals surface area contributed by atoms with E-state index in [0.717, 1.165) is 144 Å². The molecule has 0 atom stereocenters. The van der Waals surface area contributed by atoms with Gasteiger partial charge in [0.25, 0.3) is 0 Å². The SMILES string of the molecule is CC1(C)OB(c2ccc3c(c2)oc2c(-c4ccccc4)cc(-c4ccccc4)cc23)OC1(C)C.Clc1nc(-c2ccccc2)nc(-c2ccc3c4ccccc4n(-c4ccccc4)c3c2)n1.c1ccc(-c2cc(-c3ccccc3)c3oc4cc(-c5nc(-c6ccccc6)nc(-c6ccc7c8ccccc8n(-c8ccccc8)c7c6)n5)ccc4c3c2)cc1. The second kappa shape index (κ2) is 31.1. The van der Waals surface area contributed by atoms with Crippen molar-refractivity contribution in [1.29, 1.82) is 0 Å². The highest BCUT2D eigenvalue weighted by Crippen LogP contribution is 2.45. The molecule has 1 aliphatic heterocycles. The molecule has 16 aromatic carbocycles. The number of furan rings is 2. The third-order valence-electron chi connectivity index (χ3n) is 23.5. The number of halogens is 1. The molecule has 6 aromatic heterocycles. The van der Waals surface area contributed by atoms with E-state index in [1.165, 1.54) is 32.7 Å². The molecule has 0 amide bonds. The van der Waals surface area contributed by atoms with E-state index in [1.54, 1.807) is 0 Å². The summed E-state index contributed by atoms with van der Waals surface area (Å²) < 4.78 is 30.4. The van der Waals surface area contributed by atoms with E-state index in [2.05, 4.69) is 332 Å². The Morgan fingerprint density at radius 3 is 0.975 bits per heavy atom. The van der Waals surface area contributed by atoms with E-state index in [1.807, 2.05) is 103 Å². The zero-order valence-corrected chi connectivity index (χ0v) is 67.9. The molecule has 0 bridgehead atoms. The zero-order valence-electron chi connectivity index (χ0n) is 67.1. The Labute approximate surface area is 709 Å². The van der Waals surface area contributed by atoms with E-state index in [-0.39, 0.29) is 16.5 Å². The van der Waals surface area contributed by atoms with Gasteiger partial charge in [-0.1, -0.05) is 297 Å². The Kier molecular flexibility index (Phi) is 19.0. The van der Waals surface area contributed by atoms with Crippen molar-refractivity contribution in [3.05, 3.63) is 394 Å². The molecule has 122 heavy (non-hydrogen) atoms. The van der Waals surface area contributed by atoms with Gasteiger partial charge in [0.2, 0.25) is 5.28 Å². The minimum Gasteiger partial charge on any atom is -0.455 e. The molecule has 1 aliphatic rings. The van der Waals surface area contributed by atoms with Crippen LogP contribution in [0, 0.1) is 0 Å². The molecule has 1 fully saturated rings. The third-order valence-corrected chi connectivity index (χ3v) is 23.7. The van der Waals surface area contributed by atoms with Gasteiger partial charge in [0.15, 0.2) is 29.1 Å². The quantitative estimate of drug-likeness (QED) is 0.109. The molecule has 1 saturated heterocycles. The molecule has 0 unspecified atom stereocenters. The van der Waals surface area contributed by atoms with Crippen LogP contribution >= 0.6 is 11.6 Å². The monoisotopic (exact) mass is 1590 g/mol. The number of nitrogens with zero attached hydrogens (tertiary/aromatic N) is 8. The van der Waals surface area contributed by atoms with Gasteiger partial charge >= 0.3 is 7.12 Å². The van der Waals surface area contributed by atoms with Crippen LogP contribution in [0.3, 0.4) is 0 Å². The Balaban J connectivity index is 0.000000120. The van der Waals surface area contributed by atoms with Gasteiger partial charge in [-0.3, -0.25) is 0 Å². The molecule has 0 aliphatic carbocycles. The molecule has 0 spiro atoms. The van der Waals surface area contributed by atoms with Gasteiger partial charge < -0.3 is 27.3 Å². The molecule has 14 heteroatoms. The number of hydrogen-bond donors (Lipinski definition) is 0. The van der Waals surface area contributed by atoms with E-state index in [0.29, 0.717) is 29.1 Å². The maximum absolute atomic E-state index is 6.78. The number of aromatic nitrogens is 8. The fraction of sp³-hybridized carbons (Fsp3) is 0.0556. The molecular formula is C108H76BClN8O4. The maximum Gasteiger partial charge on any atom is 0.494 e. The first-order valence-corrected chi connectivity index (χ1v) is 41.3. The first-order chi connectivity index (χ1) is 59.8. The van der Waals surface area contributed by atoms with Crippen molar-refractivity contribution >= 4 is 112 Å². The molecule has 582 valence electrons. The van der Waals surface area contributed by atoms with Crippen molar-refractivity contribution in [2.45, 2.75) is 38.9 Å². The van der Waals surface area contributed by atoms with Crippen LogP contribution in [-0.4, -0.2) is 57.4 Å². The topological polar surface area (TPSA) is 132 Å². The molecule has 23 rings (SSSR count). The summed E-state index contributed by atoms with van der Waals surface area (Å²) >= 11 is 6.29. The zero-order chi connectivity index (χ0) is 82.0. The van der Waals surface area contributed by atoms with E-state index in [4.69, 9.17) is 49.7 Å². The Morgan fingerprint density at radius 1 is 0.246 bits per heavy atom. The smallest absolute Gasteiger partial charge is 0.455 e. The number of rotatable bonds is 12. The fourth-order valence-corrected chi connectivity index (χ4v) is 16.9. The summed E-state index contributed by atoms with van der Waals surface area (Å²) in [6.45, 7) is 8.29. The molecule has 0 radical (unpaired) electrons. The molecule has 7 heterocycles. The van der Waals surface area contributed by atoms with E-state index in [9.17, 15) is 0 Å². The lowest BCUT2D eigenvalue weighted by atomic mass is 9.79. The third kappa shape index (κ3) is 13.9. The van der Waals surface area contributed by atoms with Crippen molar-refractivity contribution in [1.82, 2.24) is 39.0 Å². The van der Waals surface area contributed by atoms with Crippen molar-refractivity contribution < 1.29 is 18.1 Å². The first kappa shape index (κ1) is 74.6. The van der Waals surface area contributed by atoms with Gasteiger partial charge in [-0.05, 0) is 169 Å². The Hall–Kier alpha value is -15.0.